The van der Waals surface area contributed by atoms with Crippen LogP contribution in [-0.4, -0.2) is 21.7 Å². The highest BCUT2D eigenvalue weighted by molar-refractivity contribution is 5.64. The van der Waals surface area contributed by atoms with Gasteiger partial charge in [-0.2, -0.15) is 5.10 Å². The molecule has 0 aliphatic carbocycles. The summed E-state index contributed by atoms with van der Waals surface area (Å²) in [6.45, 7) is 8.23. The quantitative estimate of drug-likeness (QED) is 0.779. The third kappa shape index (κ3) is 1.54. The number of aromatic nitrogens is 3. The zero-order valence-corrected chi connectivity index (χ0v) is 10.4. The molecule has 16 heavy (non-hydrogen) atoms. The van der Waals surface area contributed by atoms with Gasteiger partial charge in [0.25, 0.3) is 0 Å². The van der Waals surface area contributed by atoms with Crippen LogP contribution in [0.4, 0.5) is 0 Å². The summed E-state index contributed by atoms with van der Waals surface area (Å²) in [6.07, 6.45) is 1.91. The van der Waals surface area contributed by atoms with E-state index in [1.54, 1.807) is 7.11 Å². The van der Waals surface area contributed by atoms with E-state index in [1.165, 1.54) is 0 Å². The van der Waals surface area contributed by atoms with Gasteiger partial charge in [0.15, 0.2) is 0 Å². The molecule has 0 amide bonds. The van der Waals surface area contributed by atoms with Crippen molar-refractivity contribution in [2.45, 2.75) is 33.6 Å². The average Bonchev–Trinajstić information content (AvgIpc) is 2.54. The number of methoxy groups -OCH3 is 1. The Morgan fingerprint density at radius 3 is 2.56 bits per heavy atom. The monoisotopic (exact) mass is 219 g/mol. The van der Waals surface area contributed by atoms with Gasteiger partial charge in [-0.25, -0.2) is 9.50 Å². The Morgan fingerprint density at radius 1 is 1.31 bits per heavy atom. The topological polar surface area (TPSA) is 39.4 Å². The van der Waals surface area contributed by atoms with Crippen molar-refractivity contribution in [3.63, 3.8) is 0 Å². The van der Waals surface area contributed by atoms with Gasteiger partial charge in [0.05, 0.1) is 24.5 Å². The van der Waals surface area contributed by atoms with Crippen molar-refractivity contribution in [2.24, 2.45) is 0 Å². The lowest BCUT2D eigenvalue weighted by Crippen LogP contribution is -2.04. The first-order valence-electron chi connectivity index (χ1n) is 5.45. The second kappa shape index (κ2) is 3.77. The van der Waals surface area contributed by atoms with Crippen LogP contribution in [0.25, 0.3) is 5.52 Å². The molecule has 0 aromatic carbocycles. The highest BCUT2D eigenvalue weighted by atomic mass is 16.5. The summed E-state index contributed by atoms with van der Waals surface area (Å²) in [7, 11) is 1.68. The zero-order valence-electron chi connectivity index (χ0n) is 10.4. The first-order chi connectivity index (χ1) is 7.54. The third-order valence-electron chi connectivity index (χ3n) is 2.74. The van der Waals surface area contributed by atoms with E-state index in [-0.39, 0.29) is 0 Å². The standard InChI is InChI=1S/C12H17N3O/c1-7(2)11-12-8(3)10(16-5)6-15(12)14-9(4)13-11/h6-7H,1-5H3. The minimum absolute atomic E-state index is 0.377. The molecule has 0 spiro atoms. The first kappa shape index (κ1) is 10.9. The number of rotatable bonds is 2. The predicted molar refractivity (Wildman–Crippen MR) is 63.1 cm³/mol. The fraction of sp³-hybridized carbons (Fsp3) is 0.500. The van der Waals surface area contributed by atoms with Crippen LogP contribution in [0.3, 0.4) is 0 Å². The third-order valence-corrected chi connectivity index (χ3v) is 2.74. The van der Waals surface area contributed by atoms with E-state index in [2.05, 4.69) is 23.9 Å². The normalized spacial score (nSPS) is 11.4. The zero-order chi connectivity index (χ0) is 11.9. The van der Waals surface area contributed by atoms with Crippen LogP contribution in [-0.2, 0) is 0 Å². The van der Waals surface area contributed by atoms with Crippen molar-refractivity contribution in [3.8, 4) is 5.75 Å². The lowest BCUT2D eigenvalue weighted by atomic mass is 10.1. The van der Waals surface area contributed by atoms with E-state index in [0.29, 0.717) is 5.92 Å². The van der Waals surface area contributed by atoms with Crippen LogP contribution < -0.4 is 4.74 Å². The Morgan fingerprint density at radius 2 is 2.00 bits per heavy atom. The Balaban J connectivity index is 2.83. The molecule has 0 atom stereocenters. The molecule has 0 aliphatic rings. The van der Waals surface area contributed by atoms with Gasteiger partial charge in [-0.1, -0.05) is 13.8 Å². The summed E-state index contributed by atoms with van der Waals surface area (Å²) in [4.78, 5) is 4.52. The largest absolute Gasteiger partial charge is 0.495 e. The van der Waals surface area contributed by atoms with Crippen molar-refractivity contribution >= 4 is 5.52 Å². The summed E-state index contributed by atoms with van der Waals surface area (Å²) < 4.78 is 7.18. The number of fused-ring (bicyclic) bond motifs is 1. The molecule has 4 nitrogen and oxygen atoms in total. The summed E-state index contributed by atoms with van der Waals surface area (Å²) in [5, 5.41) is 4.37. The molecule has 0 fully saturated rings. The molecule has 2 rings (SSSR count). The maximum Gasteiger partial charge on any atom is 0.146 e. The van der Waals surface area contributed by atoms with Crippen LogP contribution >= 0.6 is 0 Å². The van der Waals surface area contributed by atoms with Gasteiger partial charge in [-0.05, 0) is 19.8 Å². The van der Waals surface area contributed by atoms with E-state index in [9.17, 15) is 0 Å². The van der Waals surface area contributed by atoms with Gasteiger partial charge in [0.2, 0.25) is 0 Å². The highest BCUT2D eigenvalue weighted by Crippen LogP contribution is 2.28. The van der Waals surface area contributed by atoms with E-state index >= 15 is 0 Å². The summed E-state index contributed by atoms with van der Waals surface area (Å²) in [6, 6.07) is 0. The van der Waals surface area contributed by atoms with Crippen LogP contribution in [0.5, 0.6) is 5.75 Å². The molecule has 2 aromatic rings. The summed E-state index contributed by atoms with van der Waals surface area (Å²) in [5.74, 6) is 2.03. The molecule has 0 N–H and O–H groups in total. The lowest BCUT2D eigenvalue weighted by molar-refractivity contribution is 0.412. The number of hydrogen-bond acceptors (Lipinski definition) is 3. The van der Waals surface area contributed by atoms with Crippen LogP contribution in [0, 0.1) is 13.8 Å². The second-order valence-corrected chi connectivity index (χ2v) is 4.31. The molecule has 86 valence electrons. The Hall–Kier alpha value is -1.58. The Bertz CT molecular complexity index is 529. The minimum Gasteiger partial charge on any atom is -0.495 e. The van der Waals surface area contributed by atoms with Gasteiger partial charge < -0.3 is 4.74 Å². The molecule has 0 saturated heterocycles. The van der Waals surface area contributed by atoms with Crippen LogP contribution in [0.1, 0.15) is 36.8 Å². The molecule has 0 bridgehead atoms. The number of nitrogens with zero attached hydrogens (tertiary/aromatic N) is 3. The van der Waals surface area contributed by atoms with Gasteiger partial charge in [0.1, 0.15) is 11.6 Å². The fourth-order valence-corrected chi connectivity index (χ4v) is 1.96. The fourth-order valence-electron chi connectivity index (χ4n) is 1.96. The van der Waals surface area contributed by atoms with Gasteiger partial charge in [0, 0.05) is 5.56 Å². The van der Waals surface area contributed by atoms with Crippen molar-refractivity contribution in [1.29, 1.82) is 0 Å². The maximum absolute atomic E-state index is 5.32. The molecule has 0 saturated carbocycles. The van der Waals surface area contributed by atoms with Gasteiger partial charge >= 0.3 is 0 Å². The lowest BCUT2D eigenvalue weighted by Gasteiger charge is -2.08. The SMILES string of the molecule is COc1cn2nc(C)nc(C(C)C)c2c1C. The van der Waals surface area contributed by atoms with Gasteiger partial charge in [-0.15, -0.1) is 0 Å². The van der Waals surface area contributed by atoms with Crippen molar-refractivity contribution in [1.82, 2.24) is 14.6 Å². The summed E-state index contributed by atoms with van der Waals surface area (Å²) in [5.41, 5.74) is 3.25. The maximum atomic E-state index is 5.32. The van der Waals surface area contributed by atoms with E-state index in [0.717, 1.165) is 28.3 Å². The predicted octanol–water partition coefficient (Wildman–Crippen LogP) is 2.48. The van der Waals surface area contributed by atoms with Crippen LogP contribution in [0.2, 0.25) is 0 Å². The molecular formula is C12H17N3O. The number of ether oxygens (including phenoxy) is 1. The van der Waals surface area contributed by atoms with Crippen LogP contribution in [0.15, 0.2) is 6.20 Å². The van der Waals surface area contributed by atoms with E-state index in [4.69, 9.17) is 4.74 Å². The number of hydrogen-bond donors (Lipinski definition) is 0. The first-order valence-corrected chi connectivity index (χ1v) is 5.45. The molecular weight excluding hydrogens is 202 g/mol. The van der Waals surface area contributed by atoms with E-state index in [1.807, 2.05) is 24.6 Å². The van der Waals surface area contributed by atoms with E-state index < -0.39 is 0 Å². The highest BCUT2D eigenvalue weighted by Gasteiger charge is 2.15. The van der Waals surface area contributed by atoms with Crippen molar-refractivity contribution < 1.29 is 4.74 Å². The molecule has 2 heterocycles. The summed E-state index contributed by atoms with van der Waals surface area (Å²) >= 11 is 0. The van der Waals surface area contributed by atoms with Gasteiger partial charge in [-0.3, -0.25) is 0 Å². The minimum atomic E-state index is 0.377. The molecule has 0 radical (unpaired) electrons. The number of aryl methyl sites for hydroxylation is 2. The molecule has 0 unspecified atom stereocenters. The van der Waals surface area contributed by atoms with Crippen molar-refractivity contribution in [3.05, 3.63) is 23.3 Å². The molecule has 0 aliphatic heterocycles. The second-order valence-electron chi connectivity index (χ2n) is 4.31. The smallest absolute Gasteiger partial charge is 0.146 e. The molecule has 2 aromatic heterocycles. The Labute approximate surface area is 95.3 Å². The molecule has 4 heteroatoms. The van der Waals surface area contributed by atoms with Crippen molar-refractivity contribution in [2.75, 3.05) is 7.11 Å². The average molecular weight is 219 g/mol. The Kier molecular flexibility index (Phi) is 2.58.